The second-order valence-electron chi connectivity index (χ2n) is 3.78. The molecular formula is C12H17N3. The van der Waals surface area contributed by atoms with Gasteiger partial charge in [-0.3, -0.25) is 0 Å². The van der Waals surface area contributed by atoms with Crippen LogP contribution in [0.5, 0.6) is 0 Å². The van der Waals surface area contributed by atoms with E-state index < -0.39 is 0 Å². The van der Waals surface area contributed by atoms with Crippen molar-refractivity contribution in [1.82, 2.24) is 4.98 Å². The molecule has 1 aromatic heterocycles. The lowest BCUT2D eigenvalue weighted by atomic mass is 10.2. The van der Waals surface area contributed by atoms with E-state index in [1.807, 2.05) is 12.1 Å². The normalized spacial score (nSPS) is 10.1. The van der Waals surface area contributed by atoms with Gasteiger partial charge in [0.25, 0.3) is 0 Å². The first-order chi connectivity index (χ1) is 7.19. The van der Waals surface area contributed by atoms with Crippen molar-refractivity contribution in [3.8, 4) is 6.07 Å². The fourth-order valence-corrected chi connectivity index (χ4v) is 1.52. The van der Waals surface area contributed by atoms with Gasteiger partial charge in [0.05, 0.1) is 0 Å². The Morgan fingerprint density at radius 2 is 2.20 bits per heavy atom. The molecular weight excluding hydrogens is 186 g/mol. The summed E-state index contributed by atoms with van der Waals surface area (Å²) >= 11 is 0. The lowest BCUT2D eigenvalue weighted by Gasteiger charge is -2.27. The van der Waals surface area contributed by atoms with Crippen LogP contribution in [0.1, 0.15) is 32.9 Å². The third-order valence-corrected chi connectivity index (χ3v) is 2.23. The fraction of sp³-hybridized carbons (Fsp3) is 0.500. The summed E-state index contributed by atoms with van der Waals surface area (Å²) in [6.45, 7) is 7.38. The van der Waals surface area contributed by atoms with Crippen molar-refractivity contribution in [2.24, 2.45) is 0 Å². The summed E-state index contributed by atoms with van der Waals surface area (Å²) in [5, 5.41) is 8.78. The highest BCUT2D eigenvalue weighted by Crippen LogP contribution is 2.14. The van der Waals surface area contributed by atoms with Crippen molar-refractivity contribution >= 4 is 5.82 Å². The van der Waals surface area contributed by atoms with Gasteiger partial charge < -0.3 is 4.90 Å². The maximum atomic E-state index is 8.78. The number of hydrogen-bond donors (Lipinski definition) is 0. The van der Waals surface area contributed by atoms with Crippen LogP contribution in [0.15, 0.2) is 18.2 Å². The van der Waals surface area contributed by atoms with Crippen LogP contribution >= 0.6 is 0 Å². The molecule has 0 aliphatic rings. The number of nitriles is 1. The van der Waals surface area contributed by atoms with Crippen LogP contribution in [-0.4, -0.2) is 17.6 Å². The Labute approximate surface area is 91.4 Å². The molecule has 0 bridgehead atoms. The van der Waals surface area contributed by atoms with E-state index in [0.29, 0.717) is 11.7 Å². The SMILES string of the molecule is CCCN(c1cccc(C#N)n1)C(C)C. The molecule has 15 heavy (non-hydrogen) atoms. The molecule has 0 saturated carbocycles. The molecule has 0 atom stereocenters. The van der Waals surface area contributed by atoms with Crippen molar-refractivity contribution in [3.05, 3.63) is 23.9 Å². The number of hydrogen-bond acceptors (Lipinski definition) is 3. The Morgan fingerprint density at radius 1 is 1.47 bits per heavy atom. The maximum absolute atomic E-state index is 8.78. The van der Waals surface area contributed by atoms with Gasteiger partial charge in [0.2, 0.25) is 0 Å². The summed E-state index contributed by atoms with van der Waals surface area (Å²) in [6.07, 6.45) is 1.08. The summed E-state index contributed by atoms with van der Waals surface area (Å²) in [7, 11) is 0. The molecule has 0 saturated heterocycles. The molecule has 1 heterocycles. The van der Waals surface area contributed by atoms with Gasteiger partial charge in [-0.2, -0.15) is 5.26 Å². The van der Waals surface area contributed by atoms with Gasteiger partial charge in [-0.1, -0.05) is 13.0 Å². The third kappa shape index (κ3) is 2.95. The van der Waals surface area contributed by atoms with Gasteiger partial charge in [0, 0.05) is 12.6 Å². The van der Waals surface area contributed by atoms with E-state index in [1.165, 1.54) is 0 Å². The van der Waals surface area contributed by atoms with E-state index in [-0.39, 0.29) is 0 Å². The standard InChI is InChI=1S/C12H17N3/c1-4-8-15(10(2)3)12-7-5-6-11(9-13)14-12/h5-7,10H,4,8H2,1-3H3. The summed E-state index contributed by atoms with van der Waals surface area (Å²) in [5.41, 5.74) is 0.481. The van der Waals surface area contributed by atoms with Crippen LogP contribution in [0.2, 0.25) is 0 Å². The number of anilines is 1. The predicted molar refractivity (Wildman–Crippen MR) is 61.7 cm³/mol. The molecule has 0 aromatic carbocycles. The molecule has 0 N–H and O–H groups in total. The number of nitrogens with zero attached hydrogens (tertiary/aromatic N) is 3. The Bertz CT molecular complexity index is 352. The Balaban J connectivity index is 2.96. The molecule has 0 amide bonds. The van der Waals surface area contributed by atoms with Gasteiger partial charge in [0.15, 0.2) is 0 Å². The van der Waals surface area contributed by atoms with Crippen LogP contribution in [0.4, 0.5) is 5.82 Å². The number of pyridine rings is 1. The minimum Gasteiger partial charge on any atom is -0.354 e. The smallest absolute Gasteiger partial charge is 0.142 e. The van der Waals surface area contributed by atoms with E-state index >= 15 is 0 Å². The van der Waals surface area contributed by atoms with E-state index in [2.05, 4.69) is 36.7 Å². The van der Waals surface area contributed by atoms with Crippen molar-refractivity contribution in [2.45, 2.75) is 33.2 Å². The number of aromatic nitrogens is 1. The van der Waals surface area contributed by atoms with E-state index in [9.17, 15) is 0 Å². The second kappa shape index (κ2) is 5.35. The largest absolute Gasteiger partial charge is 0.354 e. The van der Waals surface area contributed by atoms with Gasteiger partial charge >= 0.3 is 0 Å². The maximum Gasteiger partial charge on any atom is 0.142 e. The predicted octanol–water partition coefficient (Wildman–Crippen LogP) is 2.58. The average Bonchev–Trinajstić information content (AvgIpc) is 2.25. The zero-order chi connectivity index (χ0) is 11.3. The highest BCUT2D eigenvalue weighted by atomic mass is 15.2. The van der Waals surface area contributed by atoms with E-state index in [1.54, 1.807) is 6.07 Å². The minimum absolute atomic E-state index is 0.409. The first-order valence-corrected chi connectivity index (χ1v) is 5.32. The van der Waals surface area contributed by atoms with E-state index in [4.69, 9.17) is 5.26 Å². The van der Waals surface area contributed by atoms with E-state index in [0.717, 1.165) is 18.8 Å². The molecule has 0 spiro atoms. The molecule has 80 valence electrons. The topological polar surface area (TPSA) is 39.9 Å². The first kappa shape index (κ1) is 11.5. The molecule has 0 fully saturated rings. The highest BCUT2D eigenvalue weighted by Gasteiger charge is 2.10. The summed E-state index contributed by atoms with van der Waals surface area (Å²) < 4.78 is 0. The monoisotopic (exact) mass is 203 g/mol. The second-order valence-corrected chi connectivity index (χ2v) is 3.78. The van der Waals surface area contributed by atoms with Gasteiger partial charge in [-0.15, -0.1) is 0 Å². The fourth-order valence-electron chi connectivity index (χ4n) is 1.52. The Morgan fingerprint density at radius 3 is 2.73 bits per heavy atom. The zero-order valence-electron chi connectivity index (χ0n) is 9.57. The summed E-state index contributed by atoms with van der Waals surface area (Å²) in [5.74, 6) is 0.894. The molecule has 3 heteroatoms. The molecule has 0 unspecified atom stereocenters. The molecule has 0 aliphatic heterocycles. The summed E-state index contributed by atoms with van der Waals surface area (Å²) in [6, 6.07) is 8.04. The number of rotatable bonds is 4. The van der Waals surface area contributed by atoms with Crippen LogP contribution in [0.25, 0.3) is 0 Å². The van der Waals surface area contributed by atoms with Crippen LogP contribution in [-0.2, 0) is 0 Å². The Kier molecular flexibility index (Phi) is 4.11. The third-order valence-electron chi connectivity index (χ3n) is 2.23. The van der Waals surface area contributed by atoms with Crippen molar-refractivity contribution in [3.63, 3.8) is 0 Å². The molecule has 1 aromatic rings. The van der Waals surface area contributed by atoms with Crippen LogP contribution < -0.4 is 4.90 Å². The lowest BCUT2D eigenvalue weighted by molar-refractivity contribution is 0.662. The quantitative estimate of drug-likeness (QED) is 0.755. The average molecular weight is 203 g/mol. The Hall–Kier alpha value is -1.56. The molecule has 3 nitrogen and oxygen atoms in total. The molecule has 1 rings (SSSR count). The van der Waals surface area contributed by atoms with Crippen LogP contribution in [0, 0.1) is 11.3 Å². The van der Waals surface area contributed by atoms with Crippen molar-refractivity contribution in [1.29, 1.82) is 5.26 Å². The minimum atomic E-state index is 0.409. The van der Waals surface area contributed by atoms with Crippen LogP contribution in [0.3, 0.4) is 0 Å². The van der Waals surface area contributed by atoms with Gasteiger partial charge in [-0.05, 0) is 32.4 Å². The lowest BCUT2D eigenvalue weighted by Crippen LogP contribution is -2.32. The van der Waals surface area contributed by atoms with Gasteiger partial charge in [-0.25, -0.2) is 4.98 Å². The van der Waals surface area contributed by atoms with Crippen molar-refractivity contribution < 1.29 is 0 Å². The van der Waals surface area contributed by atoms with Gasteiger partial charge in [0.1, 0.15) is 17.6 Å². The highest BCUT2D eigenvalue weighted by molar-refractivity contribution is 5.42. The first-order valence-electron chi connectivity index (χ1n) is 5.32. The zero-order valence-corrected chi connectivity index (χ0v) is 9.57. The molecule has 0 radical (unpaired) electrons. The summed E-state index contributed by atoms with van der Waals surface area (Å²) in [4.78, 5) is 6.51. The molecule has 0 aliphatic carbocycles. The van der Waals surface area contributed by atoms with Crippen molar-refractivity contribution in [2.75, 3.05) is 11.4 Å².